The Kier molecular flexibility index (Phi) is 3.41. The topological polar surface area (TPSA) is 47.0 Å². The fraction of sp³-hybridized carbons (Fsp3) is 0.600. The van der Waals surface area contributed by atoms with Gasteiger partial charge in [0.1, 0.15) is 5.82 Å². The molecule has 5 heteroatoms. The lowest BCUT2D eigenvalue weighted by molar-refractivity contribution is 0.380. The van der Waals surface area contributed by atoms with Crippen LogP contribution < -0.4 is 10.1 Å². The minimum absolute atomic E-state index is 0.402. The summed E-state index contributed by atoms with van der Waals surface area (Å²) in [6, 6.07) is 0.944. The number of hydrogen-bond acceptors (Lipinski definition) is 4. The standard InChI is InChI=1S/C10H14BrN3O/c1-15-10-12-6-8(11)9(14-10)13-7-4-2-3-5-7/h6-7H,2-5H2,1H3,(H,12,13,14). The van der Waals surface area contributed by atoms with Crippen molar-refractivity contribution in [2.24, 2.45) is 0 Å². The molecule has 2 rings (SSSR count). The maximum Gasteiger partial charge on any atom is 0.318 e. The SMILES string of the molecule is COc1ncc(Br)c(NC2CCCC2)n1. The van der Waals surface area contributed by atoms with E-state index in [1.54, 1.807) is 13.3 Å². The molecule has 0 amide bonds. The number of halogens is 1. The van der Waals surface area contributed by atoms with Crippen LogP contribution in [0.2, 0.25) is 0 Å². The predicted molar refractivity (Wildman–Crippen MR) is 62.2 cm³/mol. The minimum atomic E-state index is 0.402. The molecular formula is C10H14BrN3O. The van der Waals surface area contributed by atoms with E-state index in [0.29, 0.717) is 12.1 Å². The Morgan fingerprint density at radius 2 is 2.20 bits per heavy atom. The molecule has 0 saturated heterocycles. The third-order valence-electron chi connectivity index (χ3n) is 2.60. The lowest BCUT2D eigenvalue weighted by atomic mass is 10.2. The van der Waals surface area contributed by atoms with E-state index in [2.05, 4.69) is 31.2 Å². The lowest BCUT2D eigenvalue weighted by Gasteiger charge is -2.13. The van der Waals surface area contributed by atoms with E-state index in [-0.39, 0.29) is 0 Å². The Hall–Kier alpha value is -0.840. The van der Waals surface area contributed by atoms with Gasteiger partial charge in [-0.2, -0.15) is 4.98 Å². The van der Waals surface area contributed by atoms with Crippen molar-refractivity contribution in [2.45, 2.75) is 31.7 Å². The summed E-state index contributed by atoms with van der Waals surface area (Å²) in [4.78, 5) is 8.27. The molecule has 0 bridgehead atoms. The van der Waals surface area contributed by atoms with Gasteiger partial charge in [-0.25, -0.2) is 4.98 Å². The molecule has 15 heavy (non-hydrogen) atoms. The molecule has 4 nitrogen and oxygen atoms in total. The van der Waals surface area contributed by atoms with Crippen LogP contribution in [0.25, 0.3) is 0 Å². The fourth-order valence-corrected chi connectivity index (χ4v) is 2.12. The van der Waals surface area contributed by atoms with Gasteiger partial charge in [0.05, 0.1) is 17.8 Å². The highest BCUT2D eigenvalue weighted by Gasteiger charge is 2.16. The highest BCUT2D eigenvalue weighted by Crippen LogP contribution is 2.26. The van der Waals surface area contributed by atoms with E-state index in [9.17, 15) is 0 Å². The summed E-state index contributed by atoms with van der Waals surface area (Å²) < 4.78 is 5.88. The average molecular weight is 272 g/mol. The van der Waals surface area contributed by atoms with E-state index < -0.39 is 0 Å². The van der Waals surface area contributed by atoms with Crippen molar-refractivity contribution < 1.29 is 4.74 Å². The molecule has 82 valence electrons. The lowest BCUT2D eigenvalue weighted by Crippen LogP contribution is -2.16. The van der Waals surface area contributed by atoms with Crippen molar-refractivity contribution in [1.82, 2.24) is 9.97 Å². The first-order valence-electron chi connectivity index (χ1n) is 5.12. The minimum Gasteiger partial charge on any atom is -0.467 e. The van der Waals surface area contributed by atoms with Gasteiger partial charge in [-0.15, -0.1) is 0 Å². The first kappa shape index (κ1) is 10.7. The second-order valence-corrected chi connectivity index (χ2v) is 4.53. The second kappa shape index (κ2) is 4.79. The van der Waals surface area contributed by atoms with E-state index in [1.807, 2.05) is 0 Å². The number of hydrogen-bond donors (Lipinski definition) is 1. The summed E-state index contributed by atoms with van der Waals surface area (Å²) in [6.45, 7) is 0. The average Bonchev–Trinajstić information content (AvgIpc) is 2.74. The Labute approximate surface area is 97.6 Å². The van der Waals surface area contributed by atoms with Crippen LogP contribution in [0.15, 0.2) is 10.7 Å². The van der Waals surface area contributed by atoms with Gasteiger partial charge in [-0.3, -0.25) is 0 Å². The zero-order valence-corrected chi connectivity index (χ0v) is 10.2. The molecule has 1 N–H and O–H groups in total. The zero-order chi connectivity index (χ0) is 10.7. The van der Waals surface area contributed by atoms with Gasteiger partial charge in [-0.05, 0) is 28.8 Å². The Morgan fingerprint density at radius 1 is 1.47 bits per heavy atom. The van der Waals surface area contributed by atoms with Crippen molar-refractivity contribution in [1.29, 1.82) is 0 Å². The molecule has 1 aromatic rings. The third kappa shape index (κ3) is 2.59. The van der Waals surface area contributed by atoms with Crippen LogP contribution in [0.1, 0.15) is 25.7 Å². The number of methoxy groups -OCH3 is 1. The van der Waals surface area contributed by atoms with Gasteiger partial charge in [0.25, 0.3) is 0 Å². The Balaban J connectivity index is 2.11. The molecule has 1 heterocycles. The number of nitrogens with one attached hydrogen (secondary N) is 1. The molecule has 1 aliphatic carbocycles. The highest BCUT2D eigenvalue weighted by atomic mass is 79.9. The van der Waals surface area contributed by atoms with Gasteiger partial charge in [0.2, 0.25) is 0 Å². The monoisotopic (exact) mass is 271 g/mol. The van der Waals surface area contributed by atoms with Crippen molar-refractivity contribution >= 4 is 21.7 Å². The largest absolute Gasteiger partial charge is 0.467 e. The third-order valence-corrected chi connectivity index (χ3v) is 3.18. The fourth-order valence-electron chi connectivity index (χ4n) is 1.81. The normalized spacial score (nSPS) is 16.7. The maximum absolute atomic E-state index is 4.99. The second-order valence-electron chi connectivity index (χ2n) is 3.68. The Morgan fingerprint density at radius 3 is 2.87 bits per heavy atom. The maximum atomic E-state index is 4.99. The van der Waals surface area contributed by atoms with Crippen LogP contribution in [0, 0.1) is 0 Å². The first-order valence-corrected chi connectivity index (χ1v) is 5.92. The van der Waals surface area contributed by atoms with Crippen molar-refractivity contribution in [3.8, 4) is 6.01 Å². The molecule has 1 saturated carbocycles. The molecule has 0 radical (unpaired) electrons. The predicted octanol–water partition coefficient (Wildman–Crippen LogP) is 2.60. The molecule has 1 fully saturated rings. The Bertz CT molecular complexity index is 339. The molecule has 0 atom stereocenters. The smallest absolute Gasteiger partial charge is 0.318 e. The molecule has 0 unspecified atom stereocenters. The molecule has 0 spiro atoms. The van der Waals surface area contributed by atoms with Gasteiger partial charge in [0.15, 0.2) is 0 Å². The summed E-state index contributed by atoms with van der Waals surface area (Å²) >= 11 is 3.42. The molecule has 1 aliphatic rings. The van der Waals surface area contributed by atoms with E-state index in [1.165, 1.54) is 25.7 Å². The van der Waals surface area contributed by atoms with Crippen LogP contribution >= 0.6 is 15.9 Å². The zero-order valence-electron chi connectivity index (χ0n) is 8.66. The summed E-state index contributed by atoms with van der Waals surface area (Å²) in [7, 11) is 1.57. The van der Waals surface area contributed by atoms with Crippen LogP contribution in [0.5, 0.6) is 6.01 Å². The molecular weight excluding hydrogens is 258 g/mol. The van der Waals surface area contributed by atoms with Crippen molar-refractivity contribution in [3.05, 3.63) is 10.7 Å². The summed E-state index contributed by atoms with van der Waals surface area (Å²) in [5.41, 5.74) is 0. The van der Waals surface area contributed by atoms with E-state index in [0.717, 1.165) is 10.3 Å². The van der Waals surface area contributed by atoms with Crippen LogP contribution in [-0.4, -0.2) is 23.1 Å². The molecule has 0 aliphatic heterocycles. The van der Waals surface area contributed by atoms with Gasteiger partial charge in [-0.1, -0.05) is 12.8 Å². The van der Waals surface area contributed by atoms with Gasteiger partial charge < -0.3 is 10.1 Å². The van der Waals surface area contributed by atoms with E-state index in [4.69, 9.17) is 4.74 Å². The number of ether oxygens (including phenoxy) is 1. The summed E-state index contributed by atoms with van der Waals surface area (Å²) in [6.07, 6.45) is 6.76. The highest BCUT2D eigenvalue weighted by molar-refractivity contribution is 9.10. The summed E-state index contributed by atoms with van der Waals surface area (Å²) in [5.74, 6) is 0.828. The first-order chi connectivity index (χ1) is 7.29. The number of aromatic nitrogens is 2. The number of rotatable bonds is 3. The quantitative estimate of drug-likeness (QED) is 0.918. The molecule has 0 aromatic carbocycles. The van der Waals surface area contributed by atoms with Crippen molar-refractivity contribution in [2.75, 3.05) is 12.4 Å². The van der Waals surface area contributed by atoms with Crippen LogP contribution in [0.3, 0.4) is 0 Å². The van der Waals surface area contributed by atoms with Gasteiger partial charge in [0, 0.05) is 6.04 Å². The van der Waals surface area contributed by atoms with Gasteiger partial charge >= 0.3 is 6.01 Å². The number of nitrogens with zero attached hydrogens (tertiary/aromatic N) is 2. The molecule has 1 aromatic heterocycles. The van der Waals surface area contributed by atoms with Crippen molar-refractivity contribution in [3.63, 3.8) is 0 Å². The van der Waals surface area contributed by atoms with Crippen LogP contribution in [0.4, 0.5) is 5.82 Å². The van der Waals surface area contributed by atoms with Crippen LogP contribution in [-0.2, 0) is 0 Å². The number of anilines is 1. The van der Waals surface area contributed by atoms with E-state index >= 15 is 0 Å². The summed E-state index contributed by atoms with van der Waals surface area (Å²) in [5, 5.41) is 3.41.